The van der Waals surface area contributed by atoms with Gasteiger partial charge >= 0.3 is 0 Å². The number of hydrogen-bond acceptors (Lipinski definition) is 3. The van der Waals surface area contributed by atoms with Crippen LogP contribution in [0.25, 0.3) is 0 Å². The Labute approximate surface area is 251 Å². The van der Waals surface area contributed by atoms with E-state index in [2.05, 4.69) is 140 Å². The Bertz CT molecular complexity index is 1670. The Kier molecular flexibility index (Phi) is 8.03. The van der Waals surface area contributed by atoms with Crippen molar-refractivity contribution in [2.45, 2.75) is 26.7 Å². The predicted molar refractivity (Wildman–Crippen MR) is 180 cm³/mol. The summed E-state index contributed by atoms with van der Waals surface area (Å²) < 4.78 is 0. The molecule has 4 heteroatoms. The Morgan fingerprint density at radius 2 is 1.90 bits per heavy atom. The molecule has 42 heavy (non-hydrogen) atoms. The van der Waals surface area contributed by atoms with Crippen molar-refractivity contribution in [1.82, 2.24) is 0 Å². The average molecular weight is 564 g/mol. The lowest BCUT2D eigenvalue weighted by molar-refractivity contribution is 0.689. The quantitative estimate of drug-likeness (QED) is 0.283. The summed E-state index contributed by atoms with van der Waals surface area (Å²) in [7, 11) is -1.63. The predicted octanol–water partition coefficient (Wildman–Crippen LogP) is 6.91. The van der Waals surface area contributed by atoms with Gasteiger partial charge in [-0.2, -0.15) is 5.26 Å². The third kappa shape index (κ3) is 5.29. The average Bonchev–Trinajstić information content (AvgIpc) is 3.05. The van der Waals surface area contributed by atoms with Crippen LogP contribution in [0.2, 0.25) is 0 Å². The van der Waals surface area contributed by atoms with Gasteiger partial charge in [0.05, 0.1) is 18.5 Å². The zero-order valence-electron chi connectivity index (χ0n) is 24.4. The molecule has 6 rings (SSSR count). The van der Waals surface area contributed by atoms with E-state index in [4.69, 9.17) is 0 Å². The first kappa shape index (κ1) is 27.7. The van der Waals surface area contributed by atoms with E-state index in [1.54, 1.807) is 0 Å². The Balaban J connectivity index is 1.43. The van der Waals surface area contributed by atoms with Crippen molar-refractivity contribution in [1.29, 1.82) is 5.26 Å². The minimum absolute atomic E-state index is 0.141. The van der Waals surface area contributed by atoms with Gasteiger partial charge in [-0.15, -0.1) is 0 Å². The Hall–Kier alpha value is -4.46. The van der Waals surface area contributed by atoms with Crippen LogP contribution in [0.15, 0.2) is 154 Å². The Morgan fingerprint density at radius 3 is 2.69 bits per heavy atom. The highest BCUT2D eigenvalue weighted by atomic mass is 28.3. The standard InChI is InChI=1S/C38H37N3Si/c1-4-29(30-12-11-13-31(22-30)32-21-28(24-39)25-40-26-32)23-33(5-2)41-35-16-9-10-17-37(35)42(34-14-7-6-8-15-34)38-19-18-27(3)20-36(38)41/h4-12,14-19,21-23,26-28,31,42H,2,13,20,25H2,1,3H3/b29-4+,33-23+. The summed E-state index contributed by atoms with van der Waals surface area (Å²) in [6, 6.07) is 22.4. The van der Waals surface area contributed by atoms with Gasteiger partial charge in [-0.05, 0) is 71.0 Å². The lowest BCUT2D eigenvalue weighted by Crippen LogP contribution is -2.51. The van der Waals surface area contributed by atoms with Gasteiger partial charge in [-0.25, -0.2) is 0 Å². The molecule has 0 bridgehead atoms. The van der Waals surface area contributed by atoms with Crippen molar-refractivity contribution in [3.05, 3.63) is 149 Å². The van der Waals surface area contributed by atoms with Crippen LogP contribution in [0.3, 0.4) is 0 Å². The number of anilines is 1. The number of allylic oxidation sites excluding steroid dienone is 13. The summed E-state index contributed by atoms with van der Waals surface area (Å²) >= 11 is 0. The second kappa shape index (κ2) is 12.2. The van der Waals surface area contributed by atoms with Crippen LogP contribution < -0.4 is 15.3 Å². The molecule has 208 valence electrons. The van der Waals surface area contributed by atoms with E-state index in [0.717, 1.165) is 29.7 Å². The third-order valence-electron chi connectivity index (χ3n) is 8.67. The Morgan fingerprint density at radius 1 is 1.10 bits per heavy atom. The van der Waals surface area contributed by atoms with Crippen molar-refractivity contribution < 1.29 is 0 Å². The van der Waals surface area contributed by atoms with E-state index in [9.17, 15) is 5.26 Å². The summed E-state index contributed by atoms with van der Waals surface area (Å²) in [6.07, 6.45) is 24.1. The van der Waals surface area contributed by atoms with Gasteiger partial charge in [0.2, 0.25) is 0 Å². The van der Waals surface area contributed by atoms with Crippen LogP contribution in [-0.2, 0) is 0 Å². The molecule has 0 fully saturated rings. The fraction of sp³-hybridized carbons (Fsp3) is 0.211. The van der Waals surface area contributed by atoms with Crippen LogP contribution >= 0.6 is 0 Å². The summed E-state index contributed by atoms with van der Waals surface area (Å²) in [4.78, 5) is 6.95. The second-order valence-electron chi connectivity index (χ2n) is 11.5. The van der Waals surface area contributed by atoms with Crippen molar-refractivity contribution in [2.24, 2.45) is 22.7 Å². The second-order valence-corrected chi connectivity index (χ2v) is 14.2. The number of para-hydroxylation sites is 1. The number of dihydropyridines is 1. The molecule has 2 aromatic carbocycles. The molecule has 0 aromatic heterocycles. The van der Waals surface area contributed by atoms with Gasteiger partial charge in [0.25, 0.3) is 0 Å². The van der Waals surface area contributed by atoms with E-state index in [0.29, 0.717) is 12.5 Å². The molecule has 0 spiro atoms. The largest absolute Gasteiger partial charge is 0.314 e. The van der Waals surface area contributed by atoms with Crippen LogP contribution in [0.5, 0.6) is 0 Å². The molecule has 4 aliphatic rings. The first-order chi connectivity index (χ1) is 20.6. The molecular weight excluding hydrogens is 527 g/mol. The van der Waals surface area contributed by atoms with Crippen LogP contribution in [-0.4, -0.2) is 21.6 Å². The summed E-state index contributed by atoms with van der Waals surface area (Å²) in [5, 5.41) is 13.9. The number of hydrogen-bond donors (Lipinski definition) is 0. The maximum absolute atomic E-state index is 9.45. The third-order valence-corrected chi connectivity index (χ3v) is 12.0. The number of nitrogens with zero attached hydrogens (tertiary/aromatic N) is 3. The first-order valence-corrected chi connectivity index (χ1v) is 16.7. The highest BCUT2D eigenvalue weighted by molar-refractivity contribution is 6.93. The maximum Gasteiger partial charge on any atom is 0.137 e. The highest BCUT2D eigenvalue weighted by Crippen LogP contribution is 2.39. The van der Waals surface area contributed by atoms with Crippen molar-refractivity contribution in [2.75, 3.05) is 11.4 Å². The van der Waals surface area contributed by atoms with E-state index >= 15 is 0 Å². The van der Waals surface area contributed by atoms with Gasteiger partial charge in [-0.3, -0.25) is 4.99 Å². The zero-order chi connectivity index (χ0) is 29.1. The summed E-state index contributed by atoms with van der Waals surface area (Å²) in [5.41, 5.74) is 7.26. The maximum atomic E-state index is 9.45. The molecule has 4 unspecified atom stereocenters. The fourth-order valence-corrected chi connectivity index (χ4v) is 9.97. The number of rotatable bonds is 6. The molecule has 2 aliphatic carbocycles. The van der Waals surface area contributed by atoms with E-state index in [1.807, 2.05) is 12.3 Å². The molecule has 0 N–H and O–H groups in total. The summed E-state index contributed by atoms with van der Waals surface area (Å²) in [5.74, 6) is 0.548. The van der Waals surface area contributed by atoms with Crippen molar-refractivity contribution >= 4 is 31.1 Å². The van der Waals surface area contributed by atoms with E-state index in [-0.39, 0.29) is 11.8 Å². The first-order valence-electron chi connectivity index (χ1n) is 15.0. The SMILES string of the molecule is C=C/C(=C\C(=C/C)C1=CC(C2=CC(C#N)CN=C2)CC=C1)N1C2=C(C=CC(C)C2)[SiH](c2ccccc2)c2ccccc21. The molecule has 2 heterocycles. The van der Waals surface area contributed by atoms with Crippen molar-refractivity contribution in [3.63, 3.8) is 0 Å². The van der Waals surface area contributed by atoms with Crippen LogP contribution in [0, 0.1) is 29.1 Å². The molecule has 3 nitrogen and oxygen atoms in total. The molecule has 2 aromatic rings. The van der Waals surface area contributed by atoms with Crippen molar-refractivity contribution in [3.8, 4) is 6.07 Å². The minimum atomic E-state index is -1.63. The fourth-order valence-electron chi connectivity index (χ4n) is 6.60. The number of fused-ring (bicyclic) bond motifs is 1. The van der Waals surface area contributed by atoms with Gasteiger partial charge in [0, 0.05) is 29.2 Å². The molecule has 0 saturated carbocycles. The van der Waals surface area contributed by atoms with Gasteiger partial charge < -0.3 is 4.90 Å². The molecule has 0 radical (unpaired) electrons. The lowest BCUT2D eigenvalue weighted by Gasteiger charge is -2.41. The number of aliphatic imine (C=N–C) groups is 1. The number of benzene rings is 2. The van der Waals surface area contributed by atoms with Gasteiger partial charge in [-0.1, -0.05) is 110 Å². The van der Waals surface area contributed by atoms with E-state index < -0.39 is 8.80 Å². The van der Waals surface area contributed by atoms with E-state index in [1.165, 1.54) is 32.5 Å². The zero-order valence-corrected chi connectivity index (χ0v) is 25.6. The van der Waals surface area contributed by atoms with Gasteiger partial charge in [0.1, 0.15) is 8.80 Å². The smallest absolute Gasteiger partial charge is 0.137 e. The molecule has 0 saturated heterocycles. The van der Waals surface area contributed by atoms with Crippen LogP contribution in [0.1, 0.15) is 26.7 Å². The highest BCUT2D eigenvalue weighted by Gasteiger charge is 2.36. The minimum Gasteiger partial charge on any atom is -0.314 e. The van der Waals surface area contributed by atoms with Gasteiger partial charge in [0.15, 0.2) is 0 Å². The monoisotopic (exact) mass is 563 g/mol. The number of nitriles is 1. The molecule has 2 aliphatic heterocycles. The molecular formula is C38H37N3Si. The molecule has 4 atom stereocenters. The topological polar surface area (TPSA) is 39.4 Å². The molecule has 0 amide bonds. The van der Waals surface area contributed by atoms with Crippen LogP contribution in [0.4, 0.5) is 5.69 Å². The lowest BCUT2D eigenvalue weighted by atomic mass is 9.85. The normalized spacial score (nSPS) is 25.3. The summed E-state index contributed by atoms with van der Waals surface area (Å²) in [6.45, 7) is 9.30.